The summed E-state index contributed by atoms with van der Waals surface area (Å²) in [4.78, 5) is 12.5. The van der Waals surface area contributed by atoms with Crippen LogP contribution in [0.3, 0.4) is 0 Å². The van der Waals surface area contributed by atoms with Gasteiger partial charge in [0.1, 0.15) is 11.5 Å². The molecule has 0 amide bonds. The molecule has 0 bridgehead atoms. The van der Waals surface area contributed by atoms with Crippen molar-refractivity contribution in [1.82, 2.24) is 0 Å². The minimum atomic E-state index is -0.519. The molecule has 4 heteroatoms. The first kappa shape index (κ1) is 22.1. The van der Waals surface area contributed by atoms with Gasteiger partial charge in [0.05, 0.1) is 0 Å². The molecule has 0 aliphatic rings. The van der Waals surface area contributed by atoms with Crippen LogP contribution in [0, 0.1) is 0 Å². The first-order chi connectivity index (χ1) is 15.0. The van der Waals surface area contributed by atoms with Gasteiger partial charge in [-0.1, -0.05) is 48.0 Å². The van der Waals surface area contributed by atoms with E-state index in [9.17, 15) is 9.90 Å². The molecular weight excluding hydrogens is 408 g/mol. The smallest absolute Gasteiger partial charge is 0.336 e. The Bertz CT molecular complexity index is 1130. The van der Waals surface area contributed by atoms with Crippen LogP contribution in [0.15, 0.2) is 92.0 Å². The van der Waals surface area contributed by atoms with E-state index in [1.54, 1.807) is 42.5 Å². The molecule has 0 aliphatic carbocycles. The SMILES string of the molecule is C=CCc1ccc(O)c(-c2cc(CC=C)ccc2OC(=O)/C=C/c2ccc(Cl)cc2)c1. The van der Waals surface area contributed by atoms with Gasteiger partial charge in [0, 0.05) is 22.2 Å². The highest BCUT2D eigenvalue weighted by Crippen LogP contribution is 2.37. The highest BCUT2D eigenvalue weighted by atomic mass is 35.5. The van der Waals surface area contributed by atoms with Crippen molar-refractivity contribution in [3.05, 3.63) is 114 Å². The van der Waals surface area contributed by atoms with Crippen molar-refractivity contribution in [3.63, 3.8) is 0 Å². The predicted octanol–water partition coefficient (Wildman–Crippen LogP) is 6.79. The Kier molecular flexibility index (Phi) is 7.47. The monoisotopic (exact) mass is 430 g/mol. The third-order valence-electron chi connectivity index (χ3n) is 4.65. The summed E-state index contributed by atoms with van der Waals surface area (Å²) in [5.41, 5.74) is 4.05. The van der Waals surface area contributed by atoms with Gasteiger partial charge in [0.25, 0.3) is 0 Å². The first-order valence-corrected chi connectivity index (χ1v) is 10.2. The summed E-state index contributed by atoms with van der Waals surface area (Å²) < 4.78 is 5.62. The highest BCUT2D eigenvalue weighted by molar-refractivity contribution is 6.30. The fraction of sp³-hybridized carbons (Fsp3) is 0.0741. The third kappa shape index (κ3) is 5.97. The van der Waals surface area contributed by atoms with Gasteiger partial charge in [-0.15, -0.1) is 13.2 Å². The number of benzene rings is 3. The lowest BCUT2D eigenvalue weighted by Crippen LogP contribution is -2.05. The molecule has 3 nitrogen and oxygen atoms in total. The van der Waals surface area contributed by atoms with E-state index < -0.39 is 5.97 Å². The second-order valence-corrected chi connectivity index (χ2v) is 7.41. The van der Waals surface area contributed by atoms with Crippen molar-refractivity contribution in [2.75, 3.05) is 0 Å². The van der Waals surface area contributed by atoms with Crippen LogP contribution in [0.25, 0.3) is 17.2 Å². The molecule has 156 valence electrons. The van der Waals surface area contributed by atoms with Gasteiger partial charge in [0.2, 0.25) is 0 Å². The lowest BCUT2D eigenvalue weighted by molar-refractivity contribution is -0.128. The Labute approximate surface area is 187 Å². The minimum absolute atomic E-state index is 0.109. The molecule has 3 aromatic rings. The number of halogens is 1. The van der Waals surface area contributed by atoms with Gasteiger partial charge in [0.15, 0.2) is 0 Å². The number of phenols is 1. The molecule has 0 spiro atoms. The molecule has 0 aromatic heterocycles. The number of carbonyl (C=O) groups is 1. The summed E-state index contributed by atoms with van der Waals surface area (Å²) in [6, 6.07) is 18.0. The zero-order valence-electron chi connectivity index (χ0n) is 17.1. The summed E-state index contributed by atoms with van der Waals surface area (Å²) in [6.07, 6.45) is 7.94. The molecule has 0 fully saturated rings. The van der Waals surface area contributed by atoms with Crippen LogP contribution in [0.5, 0.6) is 11.5 Å². The van der Waals surface area contributed by atoms with Crippen LogP contribution in [-0.4, -0.2) is 11.1 Å². The van der Waals surface area contributed by atoms with E-state index in [-0.39, 0.29) is 5.75 Å². The number of hydrogen-bond donors (Lipinski definition) is 1. The number of aromatic hydroxyl groups is 1. The van der Waals surface area contributed by atoms with Crippen molar-refractivity contribution >= 4 is 23.6 Å². The molecule has 0 atom stereocenters. The number of rotatable bonds is 8. The highest BCUT2D eigenvalue weighted by Gasteiger charge is 2.14. The molecular formula is C27H23ClO3. The standard InChI is InChI=1S/C27H23ClO3/c1-3-5-20-9-14-25(29)23(17-20)24-18-21(6-4-2)10-15-26(24)31-27(30)16-11-19-7-12-22(28)13-8-19/h3-4,7-18,29H,1-2,5-6H2/b16-11+. The van der Waals surface area contributed by atoms with Crippen LogP contribution < -0.4 is 4.74 Å². The summed E-state index contributed by atoms with van der Waals surface area (Å²) in [6.45, 7) is 7.55. The van der Waals surface area contributed by atoms with E-state index in [1.807, 2.05) is 36.4 Å². The molecule has 0 unspecified atom stereocenters. The topological polar surface area (TPSA) is 46.5 Å². The summed E-state index contributed by atoms with van der Waals surface area (Å²) in [5.74, 6) is -0.0448. The van der Waals surface area contributed by atoms with Crippen LogP contribution in [0.2, 0.25) is 5.02 Å². The molecule has 1 N–H and O–H groups in total. The predicted molar refractivity (Wildman–Crippen MR) is 127 cm³/mol. The van der Waals surface area contributed by atoms with Crippen LogP contribution >= 0.6 is 11.6 Å². The van der Waals surface area contributed by atoms with Crippen molar-refractivity contribution < 1.29 is 14.6 Å². The van der Waals surface area contributed by atoms with Crippen LogP contribution in [-0.2, 0) is 17.6 Å². The maximum Gasteiger partial charge on any atom is 0.336 e. The van der Waals surface area contributed by atoms with Gasteiger partial charge in [-0.05, 0) is 72.0 Å². The number of phenolic OH excluding ortho intramolecular Hbond substituents is 1. The third-order valence-corrected chi connectivity index (χ3v) is 4.90. The molecule has 0 heterocycles. The molecule has 0 radical (unpaired) electrons. The second-order valence-electron chi connectivity index (χ2n) is 6.97. The van der Waals surface area contributed by atoms with Crippen LogP contribution in [0.1, 0.15) is 16.7 Å². The van der Waals surface area contributed by atoms with E-state index in [2.05, 4.69) is 13.2 Å². The maximum atomic E-state index is 12.5. The van der Waals surface area contributed by atoms with Crippen molar-refractivity contribution in [2.24, 2.45) is 0 Å². The Morgan fingerprint density at radius 2 is 1.52 bits per heavy atom. The number of carbonyl (C=O) groups excluding carboxylic acids is 1. The van der Waals surface area contributed by atoms with E-state index in [0.29, 0.717) is 34.7 Å². The first-order valence-electron chi connectivity index (χ1n) is 9.82. The van der Waals surface area contributed by atoms with E-state index in [0.717, 1.165) is 16.7 Å². The summed E-state index contributed by atoms with van der Waals surface area (Å²) in [7, 11) is 0. The van der Waals surface area contributed by atoms with Crippen molar-refractivity contribution in [2.45, 2.75) is 12.8 Å². The number of allylic oxidation sites excluding steroid dienone is 2. The average molecular weight is 431 g/mol. The lowest BCUT2D eigenvalue weighted by atomic mass is 9.97. The van der Waals surface area contributed by atoms with Crippen LogP contribution in [0.4, 0.5) is 0 Å². The Balaban J connectivity index is 1.94. The molecule has 0 saturated carbocycles. The minimum Gasteiger partial charge on any atom is -0.507 e. The average Bonchev–Trinajstić information content (AvgIpc) is 2.76. The Morgan fingerprint density at radius 3 is 2.16 bits per heavy atom. The number of esters is 1. The quantitative estimate of drug-likeness (QED) is 0.185. The Morgan fingerprint density at radius 1 is 0.903 bits per heavy atom. The summed E-state index contributed by atoms with van der Waals surface area (Å²) >= 11 is 5.89. The van der Waals surface area contributed by atoms with E-state index in [4.69, 9.17) is 16.3 Å². The molecule has 31 heavy (non-hydrogen) atoms. The fourth-order valence-electron chi connectivity index (χ4n) is 3.14. The van der Waals surface area contributed by atoms with Gasteiger partial charge >= 0.3 is 5.97 Å². The summed E-state index contributed by atoms with van der Waals surface area (Å²) in [5, 5.41) is 11.1. The molecule has 0 saturated heterocycles. The maximum absolute atomic E-state index is 12.5. The Hall–Kier alpha value is -3.56. The normalized spacial score (nSPS) is 10.7. The molecule has 3 rings (SSSR count). The molecule has 3 aromatic carbocycles. The fourth-order valence-corrected chi connectivity index (χ4v) is 3.27. The van der Waals surface area contributed by atoms with Crippen molar-refractivity contribution in [1.29, 1.82) is 0 Å². The zero-order valence-corrected chi connectivity index (χ0v) is 17.8. The van der Waals surface area contributed by atoms with Gasteiger partial charge in [-0.25, -0.2) is 4.79 Å². The van der Waals surface area contributed by atoms with E-state index >= 15 is 0 Å². The lowest BCUT2D eigenvalue weighted by Gasteiger charge is -2.13. The van der Waals surface area contributed by atoms with Gasteiger partial charge < -0.3 is 9.84 Å². The second kappa shape index (κ2) is 10.5. The number of hydrogen-bond acceptors (Lipinski definition) is 3. The molecule has 0 aliphatic heterocycles. The van der Waals surface area contributed by atoms with Crippen molar-refractivity contribution in [3.8, 4) is 22.6 Å². The van der Waals surface area contributed by atoms with E-state index in [1.165, 1.54) is 6.08 Å². The zero-order chi connectivity index (χ0) is 22.2. The number of ether oxygens (including phenoxy) is 1. The largest absolute Gasteiger partial charge is 0.507 e. The van der Waals surface area contributed by atoms with Gasteiger partial charge in [-0.3, -0.25) is 0 Å². The van der Waals surface area contributed by atoms with Gasteiger partial charge in [-0.2, -0.15) is 0 Å².